The van der Waals surface area contributed by atoms with E-state index < -0.39 is 0 Å². The number of thiazole rings is 1. The van der Waals surface area contributed by atoms with Gasteiger partial charge in [0, 0.05) is 30.7 Å². The molecule has 1 aliphatic heterocycles. The summed E-state index contributed by atoms with van der Waals surface area (Å²) < 4.78 is 0. The van der Waals surface area contributed by atoms with E-state index in [1.54, 1.807) is 11.3 Å². The summed E-state index contributed by atoms with van der Waals surface area (Å²) in [5.74, 6) is 0. The molecule has 1 saturated heterocycles. The van der Waals surface area contributed by atoms with Gasteiger partial charge in [0.1, 0.15) is 5.01 Å². The smallest absolute Gasteiger partial charge is 0.107 e. The standard InChI is InChI=1S/C16H21N3S/c1-13-10-17-15(20-13)11-19-9-8-18-16(2,12-19)14-6-4-3-5-7-14/h3-7,10,18H,8-9,11-12H2,1-2H3. The van der Waals surface area contributed by atoms with E-state index in [9.17, 15) is 0 Å². The first-order valence-electron chi connectivity index (χ1n) is 7.10. The minimum atomic E-state index is 0.0335. The molecular weight excluding hydrogens is 266 g/mol. The van der Waals surface area contributed by atoms with E-state index in [0.29, 0.717) is 0 Å². The second kappa shape index (κ2) is 5.64. The number of piperazine rings is 1. The highest BCUT2D eigenvalue weighted by Crippen LogP contribution is 2.25. The highest BCUT2D eigenvalue weighted by Gasteiger charge is 2.32. The van der Waals surface area contributed by atoms with Gasteiger partial charge in [0.15, 0.2) is 0 Å². The molecule has 4 heteroatoms. The fourth-order valence-corrected chi connectivity index (χ4v) is 3.70. The molecule has 0 spiro atoms. The summed E-state index contributed by atoms with van der Waals surface area (Å²) in [7, 11) is 0. The first-order chi connectivity index (χ1) is 9.66. The van der Waals surface area contributed by atoms with Crippen LogP contribution in [0.2, 0.25) is 0 Å². The predicted molar refractivity (Wildman–Crippen MR) is 83.9 cm³/mol. The molecular formula is C16H21N3S. The van der Waals surface area contributed by atoms with Crippen molar-refractivity contribution >= 4 is 11.3 Å². The van der Waals surface area contributed by atoms with Gasteiger partial charge in [-0.05, 0) is 19.4 Å². The van der Waals surface area contributed by atoms with Gasteiger partial charge in [-0.15, -0.1) is 11.3 Å². The molecule has 2 aromatic rings. The zero-order valence-corrected chi connectivity index (χ0v) is 12.9. The minimum Gasteiger partial charge on any atom is -0.305 e. The lowest BCUT2D eigenvalue weighted by molar-refractivity contribution is 0.136. The number of benzene rings is 1. The third kappa shape index (κ3) is 2.92. The molecule has 106 valence electrons. The molecule has 3 nitrogen and oxygen atoms in total. The van der Waals surface area contributed by atoms with Crippen molar-refractivity contribution in [2.24, 2.45) is 0 Å². The molecule has 1 unspecified atom stereocenters. The van der Waals surface area contributed by atoms with Gasteiger partial charge in [0.2, 0.25) is 0 Å². The first kappa shape index (κ1) is 13.7. The van der Waals surface area contributed by atoms with E-state index in [-0.39, 0.29) is 5.54 Å². The summed E-state index contributed by atoms with van der Waals surface area (Å²) in [4.78, 5) is 8.28. The summed E-state index contributed by atoms with van der Waals surface area (Å²) >= 11 is 1.80. The summed E-state index contributed by atoms with van der Waals surface area (Å²) in [6, 6.07) is 10.7. The van der Waals surface area contributed by atoms with Gasteiger partial charge >= 0.3 is 0 Å². The van der Waals surface area contributed by atoms with Crippen LogP contribution in [0.25, 0.3) is 0 Å². The quantitative estimate of drug-likeness (QED) is 0.941. The number of nitrogens with one attached hydrogen (secondary N) is 1. The average molecular weight is 287 g/mol. The van der Waals surface area contributed by atoms with Crippen molar-refractivity contribution in [1.82, 2.24) is 15.2 Å². The maximum absolute atomic E-state index is 4.49. The van der Waals surface area contributed by atoms with Crippen LogP contribution in [0, 0.1) is 6.92 Å². The van der Waals surface area contributed by atoms with Gasteiger partial charge in [0.25, 0.3) is 0 Å². The number of hydrogen-bond donors (Lipinski definition) is 1. The van der Waals surface area contributed by atoms with Gasteiger partial charge in [-0.2, -0.15) is 0 Å². The summed E-state index contributed by atoms with van der Waals surface area (Å²) in [6.45, 7) is 8.50. The Labute approximate surface area is 124 Å². The van der Waals surface area contributed by atoms with Crippen LogP contribution >= 0.6 is 11.3 Å². The molecule has 0 aliphatic carbocycles. The molecule has 1 aromatic heterocycles. The van der Waals surface area contributed by atoms with Crippen molar-refractivity contribution in [3.63, 3.8) is 0 Å². The number of hydrogen-bond acceptors (Lipinski definition) is 4. The van der Waals surface area contributed by atoms with Gasteiger partial charge in [0.05, 0.1) is 12.1 Å². The van der Waals surface area contributed by atoms with Crippen molar-refractivity contribution in [1.29, 1.82) is 0 Å². The SMILES string of the molecule is Cc1cnc(CN2CCNC(C)(c3ccccc3)C2)s1. The Morgan fingerprint density at radius 1 is 1.35 bits per heavy atom. The molecule has 20 heavy (non-hydrogen) atoms. The maximum atomic E-state index is 4.49. The van der Waals surface area contributed by atoms with E-state index in [1.807, 2.05) is 6.20 Å². The second-order valence-corrected chi connectivity index (χ2v) is 7.02. The van der Waals surface area contributed by atoms with Gasteiger partial charge < -0.3 is 5.32 Å². The fourth-order valence-electron chi connectivity index (χ4n) is 2.87. The van der Waals surface area contributed by atoms with Crippen molar-refractivity contribution < 1.29 is 0 Å². The number of aromatic nitrogens is 1. The number of aryl methyl sites for hydroxylation is 1. The third-order valence-electron chi connectivity index (χ3n) is 3.92. The fraction of sp³-hybridized carbons (Fsp3) is 0.438. The Bertz CT molecular complexity index is 566. The van der Waals surface area contributed by atoms with E-state index in [4.69, 9.17) is 0 Å². The highest BCUT2D eigenvalue weighted by atomic mass is 32.1. The molecule has 1 atom stereocenters. The van der Waals surface area contributed by atoms with E-state index in [2.05, 4.69) is 59.4 Å². The van der Waals surface area contributed by atoms with Crippen LogP contribution in [0.3, 0.4) is 0 Å². The molecule has 0 radical (unpaired) electrons. The lowest BCUT2D eigenvalue weighted by Gasteiger charge is -2.41. The zero-order chi connectivity index (χ0) is 14.0. The Morgan fingerprint density at radius 2 is 2.15 bits per heavy atom. The number of nitrogens with zero attached hydrogens (tertiary/aromatic N) is 2. The molecule has 1 fully saturated rings. The van der Waals surface area contributed by atoms with Crippen LogP contribution in [-0.2, 0) is 12.1 Å². The third-order valence-corrected chi connectivity index (χ3v) is 4.82. The van der Waals surface area contributed by atoms with Crippen LogP contribution < -0.4 is 5.32 Å². The summed E-state index contributed by atoms with van der Waals surface area (Å²) in [6.07, 6.45) is 1.97. The molecule has 3 rings (SSSR count). The topological polar surface area (TPSA) is 28.2 Å². The molecule has 0 saturated carbocycles. The van der Waals surface area contributed by atoms with E-state index in [1.165, 1.54) is 15.4 Å². The Morgan fingerprint density at radius 3 is 2.85 bits per heavy atom. The van der Waals surface area contributed by atoms with Crippen LogP contribution in [0.1, 0.15) is 22.4 Å². The monoisotopic (exact) mass is 287 g/mol. The lowest BCUT2D eigenvalue weighted by atomic mass is 9.90. The molecule has 1 N–H and O–H groups in total. The summed E-state index contributed by atoms with van der Waals surface area (Å²) in [5.41, 5.74) is 1.39. The van der Waals surface area contributed by atoms with Crippen molar-refractivity contribution in [3.8, 4) is 0 Å². The predicted octanol–water partition coefficient (Wildman–Crippen LogP) is 2.77. The summed E-state index contributed by atoms with van der Waals surface area (Å²) in [5, 5.41) is 4.90. The highest BCUT2D eigenvalue weighted by molar-refractivity contribution is 7.11. The van der Waals surface area contributed by atoms with E-state index in [0.717, 1.165) is 26.2 Å². The van der Waals surface area contributed by atoms with Crippen LogP contribution in [-0.4, -0.2) is 29.5 Å². The Hall–Kier alpha value is -1.23. The molecule has 0 bridgehead atoms. The Kier molecular flexibility index (Phi) is 3.87. The molecule has 0 amide bonds. The van der Waals surface area contributed by atoms with Gasteiger partial charge in [-0.1, -0.05) is 30.3 Å². The molecule has 2 heterocycles. The van der Waals surface area contributed by atoms with Gasteiger partial charge in [-0.3, -0.25) is 4.90 Å². The Balaban J connectivity index is 1.73. The molecule has 1 aromatic carbocycles. The molecule has 1 aliphatic rings. The van der Waals surface area contributed by atoms with Crippen molar-refractivity contribution in [2.45, 2.75) is 25.9 Å². The normalized spacial score (nSPS) is 23.9. The number of rotatable bonds is 3. The maximum Gasteiger partial charge on any atom is 0.107 e. The van der Waals surface area contributed by atoms with Crippen LogP contribution in [0.15, 0.2) is 36.5 Å². The second-order valence-electron chi connectivity index (χ2n) is 5.70. The van der Waals surface area contributed by atoms with Gasteiger partial charge in [-0.25, -0.2) is 4.98 Å². The van der Waals surface area contributed by atoms with Crippen molar-refractivity contribution in [2.75, 3.05) is 19.6 Å². The lowest BCUT2D eigenvalue weighted by Crippen LogP contribution is -2.56. The van der Waals surface area contributed by atoms with E-state index >= 15 is 0 Å². The van der Waals surface area contributed by atoms with Crippen molar-refractivity contribution in [3.05, 3.63) is 52.0 Å². The van der Waals surface area contributed by atoms with Crippen LogP contribution in [0.5, 0.6) is 0 Å². The van der Waals surface area contributed by atoms with Crippen LogP contribution in [0.4, 0.5) is 0 Å². The first-order valence-corrected chi connectivity index (χ1v) is 7.92. The minimum absolute atomic E-state index is 0.0335. The largest absolute Gasteiger partial charge is 0.305 e. The zero-order valence-electron chi connectivity index (χ0n) is 12.1. The average Bonchev–Trinajstić information content (AvgIpc) is 2.85.